The number of benzene rings is 1. The summed E-state index contributed by atoms with van der Waals surface area (Å²) >= 11 is 1.37. The molecule has 4 aromatic rings. The minimum absolute atomic E-state index is 0.264. The molecular formula is C21H16N6OS. The van der Waals surface area contributed by atoms with E-state index in [-0.39, 0.29) is 5.91 Å². The van der Waals surface area contributed by atoms with Gasteiger partial charge in [-0.05, 0) is 42.8 Å². The molecule has 0 fully saturated rings. The summed E-state index contributed by atoms with van der Waals surface area (Å²) in [6.45, 7) is 1.99. The van der Waals surface area contributed by atoms with Gasteiger partial charge < -0.3 is 0 Å². The highest BCUT2D eigenvalue weighted by molar-refractivity contribution is 7.15. The van der Waals surface area contributed by atoms with Crippen LogP contribution in [-0.4, -0.2) is 30.9 Å². The Morgan fingerprint density at radius 2 is 2.10 bits per heavy atom. The van der Waals surface area contributed by atoms with Crippen LogP contribution in [-0.2, 0) is 6.42 Å². The van der Waals surface area contributed by atoms with E-state index in [0.717, 1.165) is 22.7 Å². The summed E-state index contributed by atoms with van der Waals surface area (Å²) in [5, 5.41) is 16.4. The highest BCUT2D eigenvalue weighted by Gasteiger charge is 2.13. The Labute approximate surface area is 171 Å². The Hall–Kier alpha value is -3.83. The summed E-state index contributed by atoms with van der Waals surface area (Å²) < 4.78 is 1.72. The molecule has 7 nitrogen and oxygen atoms in total. The van der Waals surface area contributed by atoms with Gasteiger partial charge in [-0.1, -0.05) is 30.1 Å². The molecule has 1 amide bonds. The Morgan fingerprint density at radius 1 is 1.17 bits per heavy atom. The molecule has 29 heavy (non-hydrogen) atoms. The van der Waals surface area contributed by atoms with Crippen molar-refractivity contribution in [2.45, 2.75) is 13.3 Å². The van der Waals surface area contributed by atoms with Crippen LogP contribution in [0.3, 0.4) is 0 Å². The number of hydrogen-bond donors (Lipinski definition) is 1. The van der Waals surface area contributed by atoms with Crippen LogP contribution in [0, 0.1) is 11.8 Å². The van der Waals surface area contributed by atoms with Gasteiger partial charge in [0.05, 0.1) is 11.3 Å². The van der Waals surface area contributed by atoms with Crippen molar-refractivity contribution in [3.8, 4) is 17.5 Å². The van der Waals surface area contributed by atoms with Crippen LogP contribution in [0.5, 0.6) is 0 Å². The Balaban J connectivity index is 1.67. The van der Waals surface area contributed by atoms with Crippen molar-refractivity contribution in [2.24, 2.45) is 0 Å². The summed E-state index contributed by atoms with van der Waals surface area (Å²) in [5.74, 6) is 5.95. The van der Waals surface area contributed by atoms with Gasteiger partial charge in [0.1, 0.15) is 5.01 Å². The monoisotopic (exact) mass is 400 g/mol. The second-order valence-electron chi connectivity index (χ2n) is 5.98. The number of rotatable bonds is 4. The van der Waals surface area contributed by atoms with Gasteiger partial charge in [0.15, 0.2) is 0 Å². The average molecular weight is 400 g/mol. The molecule has 0 radical (unpaired) electrons. The van der Waals surface area contributed by atoms with Gasteiger partial charge in [0.25, 0.3) is 5.91 Å². The summed E-state index contributed by atoms with van der Waals surface area (Å²) in [6.07, 6.45) is 7.69. The molecule has 0 saturated carbocycles. The summed E-state index contributed by atoms with van der Waals surface area (Å²) in [4.78, 5) is 16.8. The van der Waals surface area contributed by atoms with E-state index in [4.69, 9.17) is 0 Å². The molecule has 0 aliphatic rings. The fourth-order valence-electron chi connectivity index (χ4n) is 2.58. The lowest BCUT2D eigenvalue weighted by atomic mass is 10.1. The smallest absolute Gasteiger partial charge is 0.257 e. The quantitative estimate of drug-likeness (QED) is 0.531. The largest absolute Gasteiger partial charge is 0.296 e. The summed E-state index contributed by atoms with van der Waals surface area (Å²) in [6, 6.07) is 10.9. The first-order chi connectivity index (χ1) is 14.2. The SMILES string of the molecule is CCc1nnc(NC(=O)c2ccc(-n3cccn3)c(C#Cc3cccnc3)c2)s1. The van der Waals surface area contributed by atoms with Crippen LogP contribution < -0.4 is 5.32 Å². The molecule has 0 saturated heterocycles. The molecular weight excluding hydrogens is 384 g/mol. The van der Waals surface area contributed by atoms with E-state index < -0.39 is 0 Å². The van der Waals surface area contributed by atoms with Crippen LogP contribution in [0.2, 0.25) is 0 Å². The third-order valence-electron chi connectivity index (χ3n) is 4.00. The van der Waals surface area contributed by atoms with Crippen molar-refractivity contribution in [1.82, 2.24) is 25.0 Å². The van der Waals surface area contributed by atoms with Crippen molar-refractivity contribution < 1.29 is 4.79 Å². The minimum Gasteiger partial charge on any atom is -0.296 e. The topological polar surface area (TPSA) is 85.6 Å². The highest BCUT2D eigenvalue weighted by atomic mass is 32.1. The normalized spacial score (nSPS) is 10.2. The van der Waals surface area contributed by atoms with Gasteiger partial charge in [0, 0.05) is 35.9 Å². The van der Waals surface area contributed by atoms with E-state index in [1.807, 2.05) is 37.4 Å². The zero-order valence-electron chi connectivity index (χ0n) is 15.5. The lowest BCUT2D eigenvalue weighted by Gasteiger charge is -2.08. The predicted molar refractivity (Wildman–Crippen MR) is 111 cm³/mol. The van der Waals surface area contributed by atoms with Crippen molar-refractivity contribution in [2.75, 3.05) is 5.32 Å². The number of aryl methyl sites for hydroxylation is 1. The number of aromatic nitrogens is 5. The minimum atomic E-state index is -0.264. The number of nitrogens with one attached hydrogen (secondary N) is 1. The van der Waals surface area contributed by atoms with E-state index in [2.05, 4.69) is 37.4 Å². The first kappa shape index (κ1) is 18.5. The van der Waals surface area contributed by atoms with E-state index in [0.29, 0.717) is 16.3 Å². The second kappa shape index (κ2) is 8.46. The molecule has 0 unspecified atom stereocenters. The first-order valence-electron chi connectivity index (χ1n) is 8.93. The standard InChI is InChI=1S/C21H16N6OS/c1-2-19-25-26-21(29-19)24-20(28)17-8-9-18(27-12-4-11-23-27)16(13-17)7-6-15-5-3-10-22-14-15/h3-5,8-14H,2H2,1H3,(H,24,26,28). The molecule has 0 bridgehead atoms. The molecule has 8 heteroatoms. The maximum atomic E-state index is 12.7. The lowest BCUT2D eigenvalue weighted by molar-refractivity contribution is 0.102. The third kappa shape index (κ3) is 4.36. The second-order valence-corrected chi connectivity index (χ2v) is 7.04. The van der Waals surface area contributed by atoms with Gasteiger partial charge in [-0.15, -0.1) is 10.2 Å². The Morgan fingerprint density at radius 3 is 2.83 bits per heavy atom. The zero-order valence-corrected chi connectivity index (χ0v) is 16.3. The molecule has 1 aromatic carbocycles. The molecule has 0 atom stereocenters. The number of anilines is 1. The van der Waals surface area contributed by atoms with Gasteiger partial charge in [-0.3, -0.25) is 15.1 Å². The Bertz CT molecular complexity index is 1190. The number of carbonyl (C=O) groups excluding carboxylic acids is 1. The maximum Gasteiger partial charge on any atom is 0.257 e. The van der Waals surface area contributed by atoms with Crippen molar-refractivity contribution >= 4 is 22.4 Å². The molecule has 3 aromatic heterocycles. The fourth-order valence-corrected chi connectivity index (χ4v) is 3.26. The van der Waals surface area contributed by atoms with Crippen LogP contribution in [0.4, 0.5) is 5.13 Å². The fraction of sp³-hybridized carbons (Fsp3) is 0.0952. The van der Waals surface area contributed by atoms with E-state index in [1.165, 1.54) is 11.3 Å². The van der Waals surface area contributed by atoms with Gasteiger partial charge >= 0.3 is 0 Å². The van der Waals surface area contributed by atoms with Gasteiger partial charge in [-0.25, -0.2) is 4.68 Å². The number of pyridine rings is 1. The van der Waals surface area contributed by atoms with Crippen LogP contribution in [0.15, 0.2) is 61.2 Å². The van der Waals surface area contributed by atoms with Crippen molar-refractivity contribution in [3.63, 3.8) is 0 Å². The van der Waals surface area contributed by atoms with Gasteiger partial charge in [-0.2, -0.15) is 5.10 Å². The van der Waals surface area contributed by atoms with Crippen LogP contribution in [0.25, 0.3) is 5.69 Å². The first-order valence-corrected chi connectivity index (χ1v) is 9.74. The molecule has 142 valence electrons. The Kier molecular flexibility index (Phi) is 5.40. The van der Waals surface area contributed by atoms with E-state index >= 15 is 0 Å². The molecule has 4 rings (SSSR count). The predicted octanol–water partition coefficient (Wildman–Crippen LogP) is 3.33. The highest BCUT2D eigenvalue weighted by Crippen LogP contribution is 2.19. The summed E-state index contributed by atoms with van der Waals surface area (Å²) in [7, 11) is 0. The number of hydrogen-bond acceptors (Lipinski definition) is 6. The number of amides is 1. The average Bonchev–Trinajstić information content (AvgIpc) is 3.45. The van der Waals surface area contributed by atoms with Crippen molar-refractivity contribution in [1.29, 1.82) is 0 Å². The van der Waals surface area contributed by atoms with Crippen LogP contribution in [0.1, 0.15) is 33.4 Å². The lowest BCUT2D eigenvalue weighted by Crippen LogP contribution is -2.12. The number of carbonyl (C=O) groups is 1. The summed E-state index contributed by atoms with van der Waals surface area (Å²) in [5.41, 5.74) is 2.73. The van der Waals surface area contributed by atoms with E-state index in [1.54, 1.807) is 35.4 Å². The maximum absolute atomic E-state index is 12.7. The number of nitrogens with zero attached hydrogens (tertiary/aromatic N) is 5. The zero-order chi connectivity index (χ0) is 20.1. The van der Waals surface area contributed by atoms with Crippen molar-refractivity contribution in [3.05, 3.63) is 82.9 Å². The molecule has 1 N–H and O–H groups in total. The molecule has 0 aliphatic carbocycles. The van der Waals surface area contributed by atoms with Gasteiger partial charge in [0.2, 0.25) is 5.13 Å². The van der Waals surface area contributed by atoms with E-state index in [9.17, 15) is 4.79 Å². The molecule has 0 aliphatic heterocycles. The molecule has 3 heterocycles. The third-order valence-corrected chi connectivity index (χ3v) is 4.99. The molecule has 0 spiro atoms. The van der Waals surface area contributed by atoms with Crippen LogP contribution >= 0.6 is 11.3 Å².